The summed E-state index contributed by atoms with van der Waals surface area (Å²) in [6.07, 6.45) is -0.0812. The lowest BCUT2D eigenvalue weighted by Gasteiger charge is -2.05. The highest BCUT2D eigenvalue weighted by Crippen LogP contribution is 2.05. The van der Waals surface area contributed by atoms with Gasteiger partial charge in [0.15, 0.2) is 0 Å². The van der Waals surface area contributed by atoms with Gasteiger partial charge in [0.1, 0.15) is 6.04 Å². The van der Waals surface area contributed by atoms with Crippen molar-refractivity contribution >= 4 is 12.1 Å². The average molecular weight is 159 g/mol. The molecule has 1 amide bonds. The molecule has 1 atom stereocenters. The van der Waals surface area contributed by atoms with E-state index in [1.165, 1.54) is 7.11 Å². The second-order valence-corrected chi connectivity index (χ2v) is 2.14. The van der Waals surface area contributed by atoms with E-state index >= 15 is 0 Å². The number of amides is 1. The lowest BCUT2D eigenvalue weighted by molar-refractivity contribution is -0.139. The van der Waals surface area contributed by atoms with E-state index in [2.05, 4.69) is 14.8 Å². The first-order valence-electron chi connectivity index (χ1n) is 3.25. The van der Waals surface area contributed by atoms with Gasteiger partial charge in [-0.1, -0.05) is 0 Å². The predicted molar refractivity (Wildman–Crippen MR) is 34.9 cm³/mol. The number of alkyl carbamates (subject to hydrolysis) is 1. The van der Waals surface area contributed by atoms with Gasteiger partial charge in [-0.05, 0) is 0 Å². The number of rotatable bonds is 1. The molecule has 0 aromatic rings. The van der Waals surface area contributed by atoms with Crippen molar-refractivity contribution in [1.29, 1.82) is 0 Å². The summed E-state index contributed by atoms with van der Waals surface area (Å²) < 4.78 is 8.90. The van der Waals surface area contributed by atoms with E-state index in [0.717, 1.165) is 0 Å². The number of esters is 1. The van der Waals surface area contributed by atoms with E-state index in [9.17, 15) is 9.59 Å². The summed E-state index contributed by atoms with van der Waals surface area (Å²) in [6.45, 7) is 0.369. The van der Waals surface area contributed by atoms with Crippen LogP contribution in [0.1, 0.15) is 6.42 Å². The number of nitrogens with one attached hydrogen (secondary N) is 1. The Kier molecular flexibility index (Phi) is 2.30. The Morgan fingerprint density at radius 1 is 1.82 bits per heavy atom. The third-order valence-corrected chi connectivity index (χ3v) is 1.41. The van der Waals surface area contributed by atoms with Crippen molar-refractivity contribution in [2.24, 2.45) is 0 Å². The Labute approximate surface area is 63.7 Å². The Balaban J connectivity index is 2.36. The highest BCUT2D eigenvalue weighted by Gasteiger charge is 2.27. The Morgan fingerprint density at radius 2 is 2.55 bits per heavy atom. The van der Waals surface area contributed by atoms with Crippen LogP contribution in [-0.2, 0) is 14.3 Å². The first-order chi connectivity index (χ1) is 5.24. The van der Waals surface area contributed by atoms with Gasteiger partial charge in [-0.3, -0.25) is 0 Å². The number of carbonyl (C=O) groups is 2. The molecular weight excluding hydrogens is 150 g/mol. The first kappa shape index (κ1) is 7.84. The Morgan fingerprint density at radius 3 is 3.00 bits per heavy atom. The van der Waals surface area contributed by atoms with Gasteiger partial charge in [0.25, 0.3) is 0 Å². The molecule has 1 unspecified atom stereocenters. The molecule has 11 heavy (non-hydrogen) atoms. The molecule has 0 aliphatic carbocycles. The van der Waals surface area contributed by atoms with Crippen LogP contribution in [0.5, 0.6) is 0 Å². The van der Waals surface area contributed by atoms with Gasteiger partial charge in [0.2, 0.25) is 0 Å². The van der Waals surface area contributed by atoms with Crippen molar-refractivity contribution in [3.05, 3.63) is 0 Å². The van der Waals surface area contributed by atoms with Gasteiger partial charge in [0, 0.05) is 6.42 Å². The molecule has 0 aromatic heterocycles. The molecule has 1 fully saturated rings. The number of hydrogen-bond acceptors (Lipinski definition) is 4. The summed E-state index contributed by atoms with van der Waals surface area (Å²) in [5.41, 5.74) is 0. The quantitative estimate of drug-likeness (QED) is 0.531. The lowest BCUT2D eigenvalue weighted by atomic mass is 10.2. The lowest BCUT2D eigenvalue weighted by Crippen LogP contribution is -2.37. The fraction of sp³-hybridized carbons (Fsp3) is 0.667. The van der Waals surface area contributed by atoms with Crippen LogP contribution in [0.3, 0.4) is 0 Å². The molecule has 1 heterocycles. The molecule has 0 spiro atoms. The summed E-state index contributed by atoms with van der Waals surface area (Å²) in [7, 11) is 1.25. The van der Waals surface area contributed by atoms with Crippen LogP contribution in [-0.4, -0.2) is 31.8 Å². The molecule has 0 saturated carbocycles. The minimum absolute atomic E-state index is 0.369. The molecule has 0 aromatic carbocycles. The van der Waals surface area contributed by atoms with Gasteiger partial charge in [-0.2, -0.15) is 0 Å². The standard InChI is InChI=1S/C6H9NO4/c1-10-6(9)7-4-2-3-11-5(4)8/h4H,2-3H2,1H3,(H,7,9). The highest BCUT2D eigenvalue weighted by molar-refractivity contribution is 5.82. The SMILES string of the molecule is COC(=O)NC1CCOC1=O. The largest absolute Gasteiger partial charge is 0.464 e. The number of cyclic esters (lactones) is 1. The molecule has 0 bridgehead atoms. The maximum absolute atomic E-state index is 10.7. The van der Waals surface area contributed by atoms with Crippen molar-refractivity contribution in [3.63, 3.8) is 0 Å². The second-order valence-electron chi connectivity index (χ2n) is 2.14. The summed E-state index contributed by atoms with van der Waals surface area (Å²) in [5.74, 6) is -0.393. The van der Waals surface area contributed by atoms with Crippen LogP contribution in [0.25, 0.3) is 0 Å². The average Bonchev–Trinajstić information content (AvgIpc) is 2.37. The zero-order valence-corrected chi connectivity index (χ0v) is 6.12. The highest BCUT2D eigenvalue weighted by atomic mass is 16.6. The molecule has 62 valence electrons. The van der Waals surface area contributed by atoms with Crippen LogP contribution in [0.4, 0.5) is 4.79 Å². The van der Waals surface area contributed by atoms with Crippen LogP contribution in [0, 0.1) is 0 Å². The summed E-state index contributed by atoms with van der Waals surface area (Å²) in [5, 5.41) is 2.34. The van der Waals surface area contributed by atoms with Gasteiger partial charge in [-0.15, -0.1) is 0 Å². The molecule has 1 aliphatic rings. The molecular formula is C6H9NO4. The fourth-order valence-electron chi connectivity index (χ4n) is 0.828. The van der Waals surface area contributed by atoms with Gasteiger partial charge < -0.3 is 14.8 Å². The number of ether oxygens (including phenoxy) is 2. The van der Waals surface area contributed by atoms with Crippen molar-refractivity contribution in [2.75, 3.05) is 13.7 Å². The molecule has 1 aliphatic heterocycles. The topological polar surface area (TPSA) is 64.6 Å². The molecule has 5 heteroatoms. The zero-order chi connectivity index (χ0) is 8.27. The maximum Gasteiger partial charge on any atom is 0.407 e. The minimum Gasteiger partial charge on any atom is -0.464 e. The van der Waals surface area contributed by atoms with Crippen molar-refractivity contribution in [1.82, 2.24) is 5.32 Å². The summed E-state index contributed by atoms with van der Waals surface area (Å²) in [4.78, 5) is 21.3. The van der Waals surface area contributed by atoms with Gasteiger partial charge in [-0.25, -0.2) is 9.59 Å². The molecule has 5 nitrogen and oxygen atoms in total. The third-order valence-electron chi connectivity index (χ3n) is 1.41. The Bertz CT molecular complexity index is 179. The van der Waals surface area contributed by atoms with Gasteiger partial charge >= 0.3 is 12.1 Å². The van der Waals surface area contributed by atoms with Crippen molar-refractivity contribution < 1.29 is 19.1 Å². The van der Waals surface area contributed by atoms with Crippen molar-refractivity contribution in [2.45, 2.75) is 12.5 Å². The smallest absolute Gasteiger partial charge is 0.407 e. The monoisotopic (exact) mass is 159 g/mol. The van der Waals surface area contributed by atoms with E-state index in [0.29, 0.717) is 13.0 Å². The van der Waals surface area contributed by atoms with Crippen LogP contribution in [0.2, 0.25) is 0 Å². The van der Waals surface area contributed by atoms with Gasteiger partial charge in [0.05, 0.1) is 13.7 Å². The number of hydrogen-bond donors (Lipinski definition) is 1. The zero-order valence-electron chi connectivity index (χ0n) is 6.12. The van der Waals surface area contributed by atoms with Crippen LogP contribution >= 0.6 is 0 Å². The minimum atomic E-state index is -0.603. The molecule has 1 rings (SSSR count). The molecule has 1 N–H and O–H groups in total. The predicted octanol–water partition coefficient (Wildman–Crippen LogP) is -0.342. The molecule has 0 radical (unpaired) electrons. The van der Waals surface area contributed by atoms with E-state index in [-0.39, 0.29) is 0 Å². The van der Waals surface area contributed by atoms with Crippen LogP contribution in [0.15, 0.2) is 0 Å². The number of methoxy groups -OCH3 is 1. The summed E-state index contributed by atoms with van der Waals surface area (Å²) >= 11 is 0. The van der Waals surface area contributed by atoms with Crippen molar-refractivity contribution in [3.8, 4) is 0 Å². The maximum atomic E-state index is 10.7. The Hall–Kier alpha value is -1.26. The first-order valence-corrected chi connectivity index (χ1v) is 3.25. The normalized spacial score (nSPS) is 22.6. The fourth-order valence-corrected chi connectivity index (χ4v) is 0.828. The summed E-state index contributed by atoms with van der Waals surface area (Å²) in [6, 6.07) is -0.526. The van der Waals surface area contributed by atoms with E-state index < -0.39 is 18.1 Å². The van der Waals surface area contributed by atoms with Crippen LogP contribution < -0.4 is 5.32 Å². The van der Waals surface area contributed by atoms with E-state index in [4.69, 9.17) is 0 Å². The molecule has 1 saturated heterocycles. The number of carbonyl (C=O) groups excluding carboxylic acids is 2. The third kappa shape index (κ3) is 1.83. The van der Waals surface area contributed by atoms with E-state index in [1.54, 1.807) is 0 Å². The second kappa shape index (κ2) is 3.23. The van der Waals surface area contributed by atoms with E-state index in [1.807, 2.05) is 0 Å².